The Morgan fingerprint density at radius 2 is 2.05 bits per heavy atom. The minimum Gasteiger partial charge on any atom is -0.469 e. The molecule has 5 heteroatoms. The molecular formula is C15H18O5. The largest absolute Gasteiger partial charge is 0.469 e. The molecule has 0 aliphatic heterocycles. The van der Waals surface area contributed by atoms with Crippen molar-refractivity contribution in [3.05, 3.63) is 11.6 Å². The Morgan fingerprint density at radius 3 is 2.70 bits per heavy atom. The smallest absolute Gasteiger partial charge is 0.306 e. The molecule has 0 saturated heterocycles. The van der Waals surface area contributed by atoms with E-state index in [1.54, 1.807) is 6.08 Å². The van der Waals surface area contributed by atoms with E-state index in [0.717, 1.165) is 0 Å². The standard InChI is InChI=1S/C15H18O5/c1-11(16)20-13-9-12(14(17)10-13)7-5-3-4-6-8-15(18)19-2/h9,13H,5-8,10H2,1-2H3. The summed E-state index contributed by atoms with van der Waals surface area (Å²) < 4.78 is 9.47. The fourth-order valence-corrected chi connectivity index (χ4v) is 1.84. The molecule has 5 nitrogen and oxygen atoms in total. The third-order valence-electron chi connectivity index (χ3n) is 2.78. The Balaban J connectivity index is 2.31. The molecule has 20 heavy (non-hydrogen) atoms. The molecule has 0 radical (unpaired) electrons. The number of allylic oxidation sites excluding steroid dienone is 1. The molecule has 1 unspecified atom stereocenters. The SMILES string of the molecule is COC(=O)CCC#CCCC1=CC(OC(C)=O)CC1=O. The topological polar surface area (TPSA) is 69.7 Å². The van der Waals surface area contributed by atoms with Crippen LogP contribution in [0.4, 0.5) is 0 Å². The number of carbonyl (C=O) groups excluding carboxylic acids is 3. The first kappa shape index (κ1) is 16.0. The number of hydrogen-bond acceptors (Lipinski definition) is 5. The minimum atomic E-state index is -0.428. The zero-order valence-corrected chi connectivity index (χ0v) is 11.7. The van der Waals surface area contributed by atoms with Gasteiger partial charge in [0.1, 0.15) is 6.10 Å². The van der Waals surface area contributed by atoms with E-state index >= 15 is 0 Å². The maximum atomic E-state index is 11.6. The van der Waals surface area contributed by atoms with Gasteiger partial charge in [0.05, 0.1) is 20.0 Å². The van der Waals surface area contributed by atoms with Crippen LogP contribution >= 0.6 is 0 Å². The van der Waals surface area contributed by atoms with Crippen LogP contribution in [0, 0.1) is 11.8 Å². The predicted molar refractivity (Wildman–Crippen MR) is 71.5 cm³/mol. The van der Waals surface area contributed by atoms with Gasteiger partial charge in [-0.25, -0.2) is 0 Å². The van der Waals surface area contributed by atoms with Crippen LogP contribution in [-0.2, 0) is 23.9 Å². The maximum absolute atomic E-state index is 11.6. The lowest BCUT2D eigenvalue weighted by Gasteiger charge is -2.05. The van der Waals surface area contributed by atoms with Gasteiger partial charge in [0.15, 0.2) is 5.78 Å². The fourth-order valence-electron chi connectivity index (χ4n) is 1.84. The maximum Gasteiger partial charge on any atom is 0.306 e. The average molecular weight is 278 g/mol. The van der Waals surface area contributed by atoms with Crippen molar-refractivity contribution in [2.24, 2.45) is 0 Å². The van der Waals surface area contributed by atoms with E-state index in [1.165, 1.54) is 14.0 Å². The second kappa shape index (κ2) is 8.16. The van der Waals surface area contributed by atoms with Crippen LogP contribution in [0.5, 0.6) is 0 Å². The summed E-state index contributed by atoms with van der Waals surface area (Å²) in [5, 5.41) is 0. The first-order chi connectivity index (χ1) is 9.52. The third kappa shape index (κ3) is 5.70. The van der Waals surface area contributed by atoms with Crippen molar-refractivity contribution in [2.75, 3.05) is 7.11 Å². The van der Waals surface area contributed by atoms with Gasteiger partial charge in [-0.1, -0.05) is 0 Å². The third-order valence-corrected chi connectivity index (χ3v) is 2.78. The Bertz CT molecular complexity index is 478. The number of ether oxygens (including phenoxy) is 2. The van der Waals surface area contributed by atoms with E-state index in [2.05, 4.69) is 16.6 Å². The number of methoxy groups -OCH3 is 1. The summed E-state index contributed by atoms with van der Waals surface area (Å²) in [4.78, 5) is 33.3. The molecule has 0 fully saturated rings. The number of esters is 2. The van der Waals surface area contributed by atoms with Crippen LogP contribution in [0.25, 0.3) is 0 Å². The van der Waals surface area contributed by atoms with Crippen molar-refractivity contribution in [1.29, 1.82) is 0 Å². The lowest BCUT2D eigenvalue weighted by molar-refractivity contribution is -0.144. The van der Waals surface area contributed by atoms with E-state index in [1.807, 2.05) is 0 Å². The summed E-state index contributed by atoms with van der Waals surface area (Å²) in [7, 11) is 1.34. The summed E-state index contributed by atoms with van der Waals surface area (Å²) in [5.41, 5.74) is 0.665. The van der Waals surface area contributed by atoms with Gasteiger partial charge in [0.25, 0.3) is 0 Å². The second-order valence-electron chi connectivity index (χ2n) is 4.40. The van der Waals surface area contributed by atoms with Gasteiger partial charge in [0, 0.05) is 19.8 Å². The molecule has 1 aliphatic carbocycles. The molecule has 1 aliphatic rings. The number of Topliss-reactive ketones (excluding diaryl/α,β-unsaturated/α-hetero) is 1. The van der Waals surface area contributed by atoms with Crippen LogP contribution in [0.2, 0.25) is 0 Å². The molecular weight excluding hydrogens is 260 g/mol. The molecule has 0 saturated carbocycles. The highest BCUT2D eigenvalue weighted by Crippen LogP contribution is 2.21. The molecule has 1 atom stereocenters. The monoisotopic (exact) mass is 278 g/mol. The van der Waals surface area contributed by atoms with Crippen molar-refractivity contribution in [3.8, 4) is 11.8 Å². The summed E-state index contributed by atoms with van der Waals surface area (Å²) in [6.45, 7) is 1.32. The zero-order chi connectivity index (χ0) is 15.0. The van der Waals surface area contributed by atoms with Crippen LogP contribution in [-0.4, -0.2) is 30.9 Å². The lowest BCUT2D eigenvalue weighted by Crippen LogP contribution is -2.12. The Kier molecular flexibility index (Phi) is 6.51. The molecule has 0 heterocycles. The highest BCUT2D eigenvalue weighted by Gasteiger charge is 2.25. The quantitative estimate of drug-likeness (QED) is 0.564. The molecule has 0 aromatic carbocycles. The first-order valence-corrected chi connectivity index (χ1v) is 6.46. The minimum absolute atomic E-state index is 0.00705. The van der Waals surface area contributed by atoms with Crippen LogP contribution in [0.3, 0.4) is 0 Å². The number of ketones is 1. The predicted octanol–water partition coefficient (Wildman–Crippen LogP) is 1.55. The first-order valence-electron chi connectivity index (χ1n) is 6.46. The van der Waals surface area contributed by atoms with E-state index in [4.69, 9.17) is 4.74 Å². The average Bonchev–Trinajstić information content (AvgIpc) is 2.72. The number of hydrogen-bond donors (Lipinski definition) is 0. The van der Waals surface area contributed by atoms with Crippen LogP contribution in [0.15, 0.2) is 11.6 Å². The van der Waals surface area contributed by atoms with Gasteiger partial charge in [-0.2, -0.15) is 0 Å². The molecule has 1 rings (SSSR count). The molecule has 0 aromatic rings. The van der Waals surface area contributed by atoms with Crippen molar-refractivity contribution in [2.45, 2.75) is 45.1 Å². The Labute approximate surface area is 118 Å². The fraction of sp³-hybridized carbons (Fsp3) is 0.533. The summed E-state index contributed by atoms with van der Waals surface area (Å²) in [5.74, 6) is 5.11. The van der Waals surface area contributed by atoms with Gasteiger partial charge in [-0.05, 0) is 18.1 Å². The van der Waals surface area contributed by atoms with Crippen LogP contribution < -0.4 is 0 Å². The van der Waals surface area contributed by atoms with Crippen LogP contribution in [0.1, 0.15) is 39.0 Å². The highest BCUT2D eigenvalue weighted by molar-refractivity contribution is 5.98. The second-order valence-corrected chi connectivity index (χ2v) is 4.40. The Hall–Kier alpha value is -2.09. The summed E-state index contributed by atoms with van der Waals surface area (Å²) in [6.07, 6.45) is 3.31. The molecule has 108 valence electrons. The van der Waals surface area contributed by atoms with Crippen molar-refractivity contribution in [3.63, 3.8) is 0 Å². The Morgan fingerprint density at radius 1 is 1.35 bits per heavy atom. The van der Waals surface area contributed by atoms with Crippen molar-refractivity contribution >= 4 is 17.7 Å². The summed E-state index contributed by atoms with van der Waals surface area (Å²) in [6, 6.07) is 0. The number of rotatable bonds is 5. The van der Waals surface area contributed by atoms with Gasteiger partial charge < -0.3 is 9.47 Å². The highest BCUT2D eigenvalue weighted by atomic mass is 16.5. The molecule has 0 bridgehead atoms. The molecule has 0 N–H and O–H groups in total. The zero-order valence-electron chi connectivity index (χ0n) is 11.7. The van der Waals surface area contributed by atoms with Crippen molar-refractivity contribution < 1.29 is 23.9 Å². The van der Waals surface area contributed by atoms with E-state index < -0.39 is 6.10 Å². The van der Waals surface area contributed by atoms with Gasteiger partial charge in [-0.3, -0.25) is 14.4 Å². The molecule has 0 aromatic heterocycles. The van der Waals surface area contributed by atoms with Crippen molar-refractivity contribution in [1.82, 2.24) is 0 Å². The van der Waals surface area contributed by atoms with Gasteiger partial charge >= 0.3 is 11.9 Å². The van der Waals surface area contributed by atoms with Gasteiger partial charge in [0.2, 0.25) is 0 Å². The van der Waals surface area contributed by atoms with E-state index in [-0.39, 0.29) is 30.6 Å². The van der Waals surface area contributed by atoms with E-state index in [0.29, 0.717) is 24.8 Å². The van der Waals surface area contributed by atoms with E-state index in [9.17, 15) is 14.4 Å². The molecule has 0 spiro atoms. The molecule has 0 amide bonds. The summed E-state index contributed by atoms with van der Waals surface area (Å²) >= 11 is 0. The normalized spacial score (nSPS) is 17.0. The van der Waals surface area contributed by atoms with Gasteiger partial charge in [-0.15, -0.1) is 11.8 Å². The lowest BCUT2D eigenvalue weighted by atomic mass is 10.1. The number of carbonyl (C=O) groups is 3.